The molecule has 2 atom stereocenters. The van der Waals surface area contributed by atoms with Crippen molar-refractivity contribution in [2.24, 2.45) is 11.3 Å². The SMILES string of the molecule is COC(=O)[C@H]1C(=O)C2=C(CC1(C)C)N1CCc3ccccc3[C@H]1CC2=O. The minimum absolute atomic E-state index is 0.00974. The van der Waals surface area contributed by atoms with Crippen LogP contribution >= 0.6 is 0 Å². The fourth-order valence-corrected chi connectivity index (χ4v) is 4.82. The molecule has 2 heterocycles. The van der Waals surface area contributed by atoms with Crippen LogP contribution in [0.25, 0.3) is 0 Å². The molecule has 0 unspecified atom stereocenters. The molecular formula is C21H23NO4. The summed E-state index contributed by atoms with van der Waals surface area (Å²) in [6.45, 7) is 4.60. The Hall–Kier alpha value is -2.43. The predicted molar refractivity (Wildman–Crippen MR) is 95.2 cm³/mol. The first-order valence-electron chi connectivity index (χ1n) is 9.08. The van der Waals surface area contributed by atoms with Gasteiger partial charge >= 0.3 is 5.97 Å². The van der Waals surface area contributed by atoms with Gasteiger partial charge in [0.15, 0.2) is 11.6 Å². The van der Waals surface area contributed by atoms with E-state index < -0.39 is 17.3 Å². The molecule has 0 aromatic heterocycles. The zero-order valence-electron chi connectivity index (χ0n) is 15.4. The fourth-order valence-electron chi connectivity index (χ4n) is 4.82. The van der Waals surface area contributed by atoms with Gasteiger partial charge in [-0.2, -0.15) is 0 Å². The van der Waals surface area contributed by atoms with Crippen LogP contribution in [0.3, 0.4) is 0 Å². The van der Waals surface area contributed by atoms with Gasteiger partial charge in [0.25, 0.3) is 0 Å². The Kier molecular flexibility index (Phi) is 3.79. The molecular weight excluding hydrogens is 330 g/mol. The van der Waals surface area contributed by atoms with Crippen molar-refractivity contribution in [2.45, 2.75) is 39.2 Å². The number of ether oxygens (including phenoxy) is 1. The van der Waals surface area contributed by atoms with Gasteiger partial charge in [-0.3, -0.25) is 14.4 Å². The van der Waals surface area contributed by atoms with Crippen LogP contribution in [0.4, 0.5) is 0 Å². The van der Waals surface area contributed by atoms with Crippen molar-refractivity contribution in [1.82, 2.24) is 4.90 Å². The quantitative estimate of drug-likeness (QED) is 0.441. The second kappa shape index (κ2) is 5.79. The average molecular weight is 353 g/mol. The van der Waals surface area contributed by atoms with Gasteiger partial charge in [0, 0.05) is 18.7 Å². The monoisotopic (exact) mass is 353 g/mol. The molecule has 1 aromatic rings. The summed E-state index contributed by atoms with van der Waals surface area (Å²) in [5.41, 5.74) is 2.92. The molecule has 4 rings (SSSR count). The number of allylic oxidation sites excluding steroid dienone is 2. The number of esters is 1. The van der Waals surface area contributed by atoms with E-state index in [9.17, 15) is 14.4 Å². The second-order valence-corrected chi connectivity index (χ2v) is 8.09. The molecule has 0 N–H and O–H groups in total. The lowest BCUT2D eigenvalue weighted by atomic mass is 9.64. The minimum Gasteiger partial charge on any atom is -0.468 e. The number of fused-ring (bicyclic) bond motifs is 4. The van der Waals surface area contributed by atoms with E-state index in [1.54, 1.807) is 0 Å². The highest BCUT2D eigenvalue weighted by Gasteiger charge is 2.52. The molecule has 0 bridgehead atoms. The minimum atomic E-state index is -0.913. The third kappa shape index (κ3) is 2.33. The lowest BCUT2D eigenvalue weighted by Crippen LogP contribution is -2.51. The maximum Gasteiger partial charge on any atom is 0.317 e. The van der Waals surface area contributed by atoms with Crippen LogP contribution in [0, 0.1) is 11.3 Å². The Morgan fingerprint density at radius 3 is 2.69 bits per heavy atom. The van der Waals surface area contributed by atoms with E-state index in [2.05, 4.69) is 17.0 Å². The van der Waals surface area contributed by atoms with E-state index in [-0.39, 0.29) is 29.6 Å². The Bertz CT molecular complexity index is 851. The van der Waals surface area contributed by atoms with Crippen molar-refractivity contribution >= 4 is 17.5 Å². The molecule has 136 valence electrons. The normalized spacial score (nSPS) is 26.8. The molecule has 5 nitrogen and oxygen atoms in total. The van der Waals surface area contributed by atoms with E-state index in [4.69, 9.17) is 4.74 Å². The highest BCUT2D eigenvalue weighted by molar-refractivity contribution is 6.26. The second-order valence-electron chi connectivity index (χ2n) is 8.09. The Balaban J connectivity index is 1.81. The number of ketones is 2. The van der Waals surface area contributed by atoms with Gasteiger partial charge in [0.1, 0.15) is 5.92 Å². The molecule has 0 spiro atoms. The van der Waals surface area contributed by atoms with E-state index >= 15 is 0 Å². The molecule has 5 heteroatoms. The lowest BCUT2D eigenvalue weighted by Gasteiger charge is -2.48. The zero-order valence-corrected chi connectivity index (χ0v) is 15.4. The van der Waals surface area contributed by atoms with Crippen LogP contribution in [0.5, 0.6) is 0 Å². The van der Waals surface area contributed by atoms with Crippen molar-refractivity contribution in [2.75, 3.05) is 13.7 Å². The number of carbonyl (C=O) groups excluding carboxylic acids is 3. The molecule has 0 amide bonds. The van der Waals surface area contributed by atoms with Gasteiger partial charge in [-0.25, -0.2) is 0 Å². The first kappa shape index (κ1) is 17.0. The van der Waals surface area contributed by atoms with Crippen LogP contribution in [-0.2, 0) is 25.5 Å². The van der Waals surface area contributed by atoms with Crippen molar-refractivity contribution in [3.05, 3.63) is 46.7 Å². The molecule has 1 aliphatic carbocycles. The summed E-state index contributed by atoms with van der Waals surface area (Å²) in [6.07, 6.45) is 1.71. The van der Waals surface area contributed by atoms with E-state index in [0.717, 1.165) is 18.7 Å². The molecule has 0 radical (unpaired) electrons. The maximum absolute atomic E-state index is 13.1. The van der Waals surface area contributed by atoms with Gasteiger partial charge in [-0.15, -0.1) is 0 Å². The van der Waals surface area contributed by atoms with Crippen LogP contribution in [0.1, 0.15) is 43.9 Å². The van der Waals surface area contributed by atoms with Crippen LogP contribution in [-0.4, -0.2) is 36.1 Å². The summed E-state index contributed by atoms with van der Waals surface area (Å²) in [5, 5.41) is 0. The highest BCUT2D eigenvalue weighted by atomic mass is 16.5. The first-order chi connectivity index (χ1) is 12.3. The zero-order chi connectivity index (χ0) is 18.6. The molecule has 0 saturated heterocycles. The largest absolute Gasteiger partial charge is 0.468 e. The standard InChI is InChI=1S/C21H23NO4/c1-21(2)11-15-17(19(24)18(21)20(25)26-3)16(23)10-14-13-7-5-4-6-12(13)8-9-22(14)15/h4-7,14,18H,8-11H2,1-3H3/t14-,18-/m1/s1. The summed E-state index contributed by atoms with van der Waals surface area (Å²) in [6, 6.07) is 8.21. The third-order valence-corrected chi connectivity index (χ3v) is 6.06. The van der Waals surface area contributed by atoms with E-state index in [0.29, 0.717) is 6.42 Å². The topological polar surface area (TPSA) is 63.7 Å². The molecule has 3 aliphatic rings. The van der Waals surface area contributed by atoms with E-state index in [1.165, 1.54) is 18.2 Å². The third-order valence-electron chi connectivity index (χ3n) is 6.06. The maximum atomic E-state index is 13.1. The van der Waals surface area contributed by atoms with Gasteiger partial charge in [0.05, 0.1) is 18.7 Å². The summed E-state index contributed by atoms with van der Waals surface area (Å²) >= 11 is 0. The van der Waals surface area contributed by atoms with Gasteiger partial charge < -0.3 is 9.64 Å². The molecule has 2 aliphatic heterocycles. The molecule has 0 fully saturated rings. The van der Waals surface area contributed by atoms with Crippen LogP contribution in [0.2, 0.25) is 0 Å². The van der Waals surface area contributed by atoms with Crippen molar-refractivity contribution < 1.29 is 19.1 Å². The highest BCUT2D eigenvalue weighted by Crippen LogP contribution is 2.49. The number of rotatable bonds is 1. The number of hydrogen-bond donors (Lipinski definition) is 0. The number of benzene rings is 1. The van der Waals surface area contributed by atoms with Crippen molar-refractivity contribution in [3.8, 4) is 0 Å². The summed E-state index contributed by atoms with van der Waals surface area (Å²) in [5.74, 6) is -1.98. The molecule has 1 aromatic carbocycles. The summed E-state index contributed by atoms with van der Waals surface area (Å²) < 4.78 is 4.86. The number of hydrogen-bond acceptors (Lipinski definition) is 5. The Morgan fingerprint density at radius 1 is 1.23 bits per heavy atom. The average Bonchev–Trinajstić information content (AvgIpc) is 2.60. The summed E-state index contributed by atoms with van der Waals surface area (Å²) in [4.78, 5) is 40.5. The van der Waals surface area contributed by atoms with Crippen LogP contribution in [0.15, 0.2) is 35.5 Å². The Labute approximate surface area is 153 Å². The van der Waals surface area contributed by atoms with Gasteiger partial charge in [-0.1, -0.05) is 38.1 Å². The number of Topliss-reactive ketones (excluding diaryl/α,β-unsaturated/α-hetero) is 2. The number of methoxy groups -OCH3 is 1. The van der Waals surface area contributed by atoms with Crippen molar-refractivity contribution in [1.29, 1.82) is 0 Å². The number of carbonyl (C=O) groups is 3. The predicted octanol–water partition coefficient (Wildman–Crippen LogP) is 2.60. The molecule has 0 saturated carbocycles. The Morgan fingerprint density at radius 2 is 1.96 bits per heavy atom. The summed E-state index contributed by atoms with van der Waals surface area (Å²) in [7, 11) is 1.29. The smallest absolute Gasteiger partial charge is 0.317 e. The van der Waals surface area contributed by atoms with Crippen LogP contribution < -0.4 is 0 Å². The number of nitrogens with zero attached hydrogens (tertiary/aromatic N) is 1. The molecule has 26 heavy (non-hydrogen) atoms. The first-order valence-corrected chi connectivity index (χ1v) is 9.08. The lowest BCUT2D eigenvalue weighted by molar-refractivity contribution is -0.154. The van der Waals surface area contributed by atoms with Gasteiger partial charge in [0.2, 0.25) is 0 Å². The fraction of sp³-hybridized carbons (Fsp3) is 0.476. The van der Waals surface area contributed by atoms with Crippen molar-refractivity contribution in [3.63, 3.8) is 0 Å². The van der Waals surface area contributed by atoms with Gasteiger partial charge in [-0.05, 0) is 29.4 Å². The van der Waals surface area contributed by atoms with E-state index in [1.807, 2.05) is 26.0 Å².